The van der Waals surface area contributed by atoms with Crippen molar-refractivity contribution in [2.75, 3.05) is 17.7 Å². The molecule has 0 amide bonds. The Labute approximate surface area is 181 Å². The van der Waals surface area contributed by atoms with Crippen LogP contribution in [0.2, 0.25) is 0 Å². The quantitative estimate of drug-likeness (QED) is 0.456. The van der Waals surface area contributed by atoms with Crippen molar-refractivity contribution in [3.63, 3.8) is 0 Å². The van der Waals surface area contributed by atoms with E-state index < -0.39 is 22.7 Å². The lowest BCUT2D eigenvalue weighted by molar-refractivity contribution is -0.142. The van der Waals surface area contributed by atoms with E-state index in [9.17, 15) is 21.6 Å². The molecule has 3 aromatic rings. The predicted octanol–water partition coefficient (Wildman–Crippen LogP) is 2.56. The first-order valence-corrected chi connectivity index (χ1v) is 10.6. The lowest BCUT2D eigenvalue weighted by Crippen LogP contribution is -2.17. The van der Waals surface area contributed by atoms with E-state index >= 15 is 0 Å². The van der Waals surface area contributed by atoms with Gasteiger partial charge in [0, 0.05) is 12.7 Å². The van der Waals surface area contributed by atoms with Gasteiger partial charge in [-0.05, 0) is 24.6 Å². The number of benzene rings is 1. The minimum Gasteiger partial charge on any atom is -0.491 e. The molecule has 4 N–H and O–H groups in total. The Morgan fingerprint density at radius 1 is 1.22 bits per heavy atom. The van der Waals surface area contributed by atoms with Crippen molar-refractivity contribution >= 4 is 27.5 Å². The summed E-state index contributed by atoms with van der Waals surface area (Å²) in [5.41, 5.74) is 1.42. The molecule has 0 aliphatic carbocycles. The number of sulfonamides is 1. The summed E-state index contributed by atoms with van der Waals surface area (Å²) < 4.78 is 66.5. The maximum absolute atomic E-state index is 12.6. The first kappa shape index (κ1) is 23.3. The van der Waals surface area contributed by atoms with Gasteiger partial charge < -0.3 is 15.4 Å². The fourth-order valence-corrected chi connectivity index (χ4v) is 3.23. The fraction of sp³-hybridized carbons (Fsp3) is 0.278. The van der Waals surface area contributed by atoms with E-state index in [2.05, 4.69) is 25.7 Å². The lowest BCUT2D eigenvalue weighted by Gasteiger charge is -2.12. The van der Waals surface area contributed by atoms with Crippen LogP contribution in [0.4, 0.5) is 30.6 Å². The number of rotatable bonds is 8. The second-order valence-electron chi connectivity index (χ2n) is 6.72. The Hall–Kier alpha value is -3.39. The molecule has 0 spiro atoms. The highest BCUT2D eigenvalue weighted by Crippen LogP contribution is 2.26. The first-order valence-electron chi connectivity index (χ1n) is 9.09. The monoisotopic (exact) mass is 471 g/mol. The van der Waals surface area contributed by atoms with Gasteiger partial charge in [-0.2, -0.15) is 23.3 Å². The van der Waals surface area contributed by atoms with E-state index in [0.29, 0.717) is 22.9 Å². The molecule has 0 atom stereocenters. The summed E-state index contributed by atoms with van der Waals surface area (Å²) in [6.07, 6.45) is -1.77. The van der Waals surface area contributed by atoms with Gasteiger partial charge in [0.15, 0.2) is 11.6 Å². The van der Waals surface area contributed by atoms with Gasteiger partial charge in [0.25, 0.3) is 0 Å². The Bertz CT molecular complexity index is 1200. The molecule has 0 fully saturated rings. The van der Waals surface area contributed by atoms with E-state index in [4.69, 9.17) is 9.88 Å². The van der Waals surface area contributed by atoms with E-state index in [1.807, 2.05) is 0 Å². The lowest BCUT2D eigenvalue weighted by atomic mass is 10.2. The van der Waals surface area contributed by atoms with Gasteiger partial charge in [-0.15, -0.1) is 0 Å². The van der Waals surface area contributed by atoms with Crippen LogP contribution in [-0.4, -0.2) is 41.5 Å². The highest BCUT2D eigenvalue weighted by molar-refractivity contribution is 7.89. The number of aryl methyl sites for hydroxylation is 1. The zero-order valence-corrected chi connectivity index (χ0v) is 17.8. The van der Waals surface area contributed by atoms with Gasteiger partial charge in [0.2, 0.25) is 16.0 Å². The molecule has 2 aromatic heterocycles. The predicted molar refractivity (Wildman–Crippen MR) is 110 cm³/mol. The molecule has 0 bridgehead atoms. The maximum atomic E-state index is 12.6. The van der Waals surface area contributed by atoms with Crippen molar-refractivity contribution in [3.8, 4) is 5.75 Å². The Morgan fingerprint density at radius 2 is 1.91 bits per heavy atom. The van der Waals surface area contributed by atoms with Crippen LogP contribution in [0.3, 0.4) is 0 Å². The molecule has 172 valence electrons. The Balaban J connectivity index is 1.74. The van der Waals surface area contributed by atoms with Gasteiger partial charge in [-0.1, -0.05) is 12.1 Å². The van der Waals surface area contributed by atoms with Crippen molar-refractivity contribution in [2.45, 2.75) is 31.1 Å². The summed E-state index contributed by atoms with van der Waals surface area (Å²) in [6, 6.07) is 5.96. The molecular formula is C18H20F3N7O3S. The number of primary sulfonamides is 1. The average Bonchev–Trinajstić information content (AvgIpc) is 3.03. The van der Waals surface area contributed by atoms with Gasteiger partial charge in [-0.25, -0.2) is 18.5 Å². The molecule has 10 nitrogen and oxygen atoms in total. The molecule has 0 aliphatic heterocycles. The summed E-state index contributed by atoms with van der Waals surface area (Å²) in [4.78, 5) is 8.39. The van der Waals surface area contributed by atoms with Gasteiger partial charge in [-0.3, -0.25) is 4.68 Å². The highest BCUT2D eigenvalue weighted by Gasteiger charge is 2.28. The third-order valence-corrected chi connectivity index (χ3v) is 5.15. The van der Waals surface area contributed by atoms with Crippen LogP contribution in [0.1, 0.15) is 11.3 Å². The Morgan fingerprint density at radius 3 is 2.50 bits per heavy atom. The van der Waals surface area contributed by atoms with Crippen LogP contribution < -0.4 is 20.5 Å². The van der Waals surface area contributed by atoms with Crippen molar-refractivity contribution in [2.24, 2.45) is 5.14 Å². The number of hydrogen-bond donors (Lipinski definition) is 3. The minimum atomic E-state index is -4.39. The van der Waals surface area contributed by atoms with Crippen molar-refractivity contribution < 1.29 is 26.3 Å². The van der Waals surface area contributed by atoms with Crippen molar-refractivity contribution in [1.29, 1.82) is 0 Å². The molecule has 0 saturated heterocycles. The van der Waals surface area contributed by atoms with Gasteiger partial charge in [0.1, 0.15) is 6.54 Å². The number of alkyl halides is 3. The summed E-state index contributed by atoms with van der Waals surface area (Å²) in [5, 5.41) is 14.8. The molecular weight excluding hydrogens is 451 g/mol. The van der Waals surface area contributed by atoms with Crippen LogP contribution in [0.15, 0.2) is 41.6 Å². The second kappa shape index (κ2) is 9.00. The maximum Gasteiger partial charge on any atom is 0.408 e. The molecule has 0 aliphatic rings. The smallest absolute Gasteiger partial charge is 0.408 e. The SMILES string of the molecule is COc1cnc(Nc2cn(CC(F)(F)F)nc2C)nc1NCc1ccc(S(N)(=O)=O)cc1. The molecule has 0 radical (unpaired) electrons. The number of nitrogens with one attached hydrogen (secondary N) is 2. The van der Waals surface area contributed by atoms with Crippen LogP contribution >= 0.6 is 0 Å². The summed E-state index contributed by atoms with van der Waals surface area (Å²) >= 11 is 0. The number of ether oxygens (including phenoxy) is 1. The topological polar surface area (TPSA) is 137 Å². The van der Waals surface area contributed by atoms with Crippen LogP contribution in [0.5, 0.6) is 5.75 Å². The molecule has 14 heteroatoms. The molecule has 0 saturated carbocycles. The summed E-state index contributed by atoms with van der Waals surface area (Å²) in [7, 11) is -2.35. The normalized spacial score (nSPS) is 11.9. The van der Waals surface area contributed by atoms with Gasteiger partial charge >= 0.3 is 6.18 Å². The molecule has 0 unspecified atom stereocenters. The fourth-order valence-electron chi connectivity index (χ4n) is 2.72. The van der Waals surface area contributed by atoms with Crippen LogP contribution in [-0.2, 0) is 23.1 Å². The highest BCUT2D eigenvalue weighted by atomic mass is 32.2. The second-order valence-corrected chi connectivity index (χ2v) is 8.28. The van der Waals surface area contributed by atoms with Crippen LogP contribution in [0.25, 0.3) is 0 Å². The molecule has 3 rings (SSSR count). The molecule has 2 heterocycles. The standard InChI is InChI=1S/C18H20F3N7O3S/c1-11-14(9-28(27-11)10-18(19,20)21)25-17-24-8-15(31-2)16(26-17)23-7-12-3-5-13(6-4-12)32(22,29)30/h3-6,8-9H,7,10H2,1-2H3,(H2,22,29,30)(H2,23,24,25,26). The molecule has 32 heavy (non-hydrogen) atoms. The summed E-state index contributed by atoms with van der Waals surface area (Å²) in [5.74, 6) is 0.773. The van der Waals surface area contributed by atoms with E-state index in [-0.39, 0.29) is 17.4 Å². The minimum absolute atomic E-state index is 0.00575. The van der Waals surface area contributed by atoms with Crippen LogP contribution in [0, 0.1) is 6.92 Å². The zero-order valence-electron chi connectivity index (χ0n) is 17.0. The number of aromatic nitrogens is 4. The average molecular weight is 471 g/mol. The third kappa shape index (κ3) is 6.07. The third-order valence-electron chi connectivity index (χ3n) is 4.22. The first-order chi connectivity index (χ1) is 14.9. The number of nitrogens with zero attached hydrogens (tertiary/aromatic N) is 4. The number of halogens is 3. The van der Waals surface area contributed by atoms with Crippen molar-refractivity contribution in [1.82, 2.24) is 19.7 Å². The van der Waals surface area contributed by atoms with Crippen molar-refractivity contribution in [3.05, 3.63) is 47.9 Å². The van der Waals surface area contributed by atoms with Gasteiger partial charge in [0.05, 0.1) is 29.6 Å². The van der Waals surface area contributed by atoms with E-state index in [1.54, 1.807) is 19.1 Å². The number of anilines is 3. The summed E-state index contributed by atoms with van der Waals surface area (Å²) in [6.45, 7) is 0.624. The number of methoxy groups -OCH3 is 1. The number of nitrogens with two attached hydrogens (primary N) is 1. The van der Waals surface area contributed by atoms with E-state index in [1.165, 1.54) is 31.6 Å². The molecule has 1 aromatic carbocycles. The van der Waals surface area contributed by atoms with E-state index in [0.717, 1.165) is 10.2 Å². The zero-order chi connectivity index (χ0) is 23.5. The largest absolute Gasteiger partial charge is 0.491 e. The number of hydrogen-bond acceptors (Lipinski definition) is 8. The Kier molecular flexibility index (Phi) is 6.55.